The van der Waals surface area contributed by atoms with E-state index in [9.17, 15) is 27.2 Å². The lowest BCUT2D eigenvalue weighted by molar-refractivity contribution is -0.204. The first-order chi connectivity index (χ1) is 12.1. The number of hydrogen-bond donors (Lipinski definition) is 1. The summed E-state index contributed by atoms with van der Waals surface area (Å²) in [4.78, 5) is 28.1. The molecule has 0 spiro atoms. The molecule has 1 amide bonds. The van der Waals surface area contributed by atoms with Crippen LogP contribution in [-0.4, -0.2) is 48.3 Å². The van der Waals surface area contributed by atoms with Crippen LogP contribution in [0.25, 0.3) is 11.3 Å². The van der Waals surface area contributed by atoms with E-state index < -0.39 is 30.1 Å². The van der Waals surface area contributed by atoms with Gasteiger partial charge in [0.05, 0.1) is 5.69 Å². The Bertz CT molecular complexity index is 790. The molecule has 0 aliphatic heterocycles. The van der Waals surface area contributed by atoms with E-state index in [0.29, 0.717) is 11.3 Å². The summed E-state index contributed by atoms with van der Waals surface area (Å²) in [5, 5.41) is 3.97. The molecule has 0 bridgehead atoms. The Morgan fingerprint density at radius 3 is 2.38 bits per heavy atom. The zero-order valence-electron chi connectivity index (χ0n) is 13.5. The largest absolute Gasteiger partial charge is 0.491 e. The molecule has 11 heteroatoms. The second kappa shape index (κ2) is 7.68. The minimum absolute atomic E-state index is 0.0551. The second-order valence-electron chi connectivity index (χ2n) is 5.20. The van der Waals surface area contributed by atoms with E-state index in [1.165, 1.54) is 38.4 Å². The Morgan fingerprint density at radius 1 is 1.23 bits per heavy atom. The molecular weight excluding hydrogens is 378 g/mol. The number of rotatable bonds is 5. The maximum atomic E-state index is 12.9. The summed E-state index contributed by atoms with van der Waals surface area (Å²) >= 11 is 0.981. The van der Waals surface area contributed by atoms with Gasteiger partial charge in [-0.15, -0.1) is 11.3 Å². The molecule has 0 saturated heterocycles. The number of anilines is 1. The van der Waals surface area contributed by atoms with Crippen LogP contribution in [0.2, 0.25) is 0 Å². The Balaban J connectivity index is 2.19. The van der Waals surface area contributed by atoms with E-state index in [-0.39, 0.29) is 5.13 Å². The minimum atomic E-state index is -5.24. The summed E-state index contributed by atoms with van der Waals surface area (Å²) < 4.78 is 54.4. The number of nitrogens with one attached hydrogen (secondary N) is 1. The molecule has 1 N–H and O–H groups in total. The van der Waals surface area contributed by atoms with Crippen LogP contribution in [0.3, 0.4) is 0 Å². The normalized spacial score (nSPS) is 12.4. The van der Waals surface area contributed by atoms with E-state index in [2.05, 4.69) is 15.0 Å². The van der Waals surface area contributed by atoms with Gasteiger partial charge in [0.1, 0.15) is 5.82 Å². The van der Waals surface area contributed by atoms with Gasteiger partial charge in [0.2, 0.25) is 0 Å². The van der Waals surface area contributed by atoms with Crippen LogP contribution < -0.4 is 5.32 Å². The van der Waals surface area contributed by atoms with Crippen molar-refractivity contribution >= 4 is 28.3 Å². The van der Waals surface area contributed by atoms with Crippen molar-refractivity contribution in [2.24, 2.45) is 0 Å². The zero-order valence-corrected chi connectivity index (χ0v) is 14.3. The van der Waals surface area contributed by atoms with Gasteiger partial charge in [-0.25, -0.2) is 14.2 Å². The number of halogens is 4. The van der Waals surface area contributed by atoms with Crippen molar-refractivity contribution in [3.05, 3.63) is 35.5 Å². The molecule has 0 aliphatic rings. The monoisotopic (exact) mass is 391 g/mol. The Morgan fingerprint density at radius 2 is 1.85 bits per heavy atom. The van der Waals surface area contributed by atoms with Gasteiger partial charge in [-0.2, -0.15) is 13.2 Å². The summed E-state index contributed by atoms with van der Waals surface area (Å²) in [6.45, 7) is 0. The lowest BCUT2D eigenvalue weighted by Gasteiger charge is -2.21. The number of benzene rings is 1. The van der Waals surface area contributed by atoms with Crippen LogP contribution in [0.15, 0.2) is 29.6 Å². The van der Waals surface area contributed by atoms with Crippen LogP contribution >= 0.6 is 11.3 Å². The number of aromatic nitrogens is 1. The fraction of sp³-hybridized carbons (Fsp3) is 0.267. The first-order valence-electron chi connectivity index (χ1n) is 7.05. The molecule has 1 aromatic heterocycles. The van der Waals surface area contributed by atoms with Gasteiger partial charge >= 0.3 is 12.1 Å². The average Bonchev–Trinajstić information content (AvgIpc) is 3.01. The molecule has 1 unspecified atom stereocenters. The molecule has 1 aromatic carbocycles. The molecular formula is C15H13F4N3O3S. The van der Waals surface area contributed by atoms with E-state index in [4.69, 9.17) is 0 Å². The molecule has 0 saturated carbocycles. The molecule has 2 rings (SSSR count). The highest BCUT2D eigenvalue weighted by Crippen LogP contribution is 2.26. The first-order valence-corrected chi connectivity index (χ1v) is 7.93. The first kappa shape index (κ1) is 19.6. The van der Waals surface area contributed by atoms with Gasteiger partial charge in [-0.05, 0) is 24.3 Å². The maximum absolute atomic E-state index is 12.9. The van der Waals surface area contributed by atoms with Crippen molar-refractivity contribution < 1.29 is 31.9 Å². The van der Waals surface area contributed by atoms with Crippen molar-refractivity contribution in [2.75, 3.05) is 19.4 Å². The standard InChI is InChI=1S/C15H13F4N3O3S/c1-22(2)12(23)11(25-13(24)15(17,18)19)21-14-20-10(7-26-14)8-3-5-9(16)6-4-8/h3-7,11H,1-2H3,(H,20,21). The van der Waals surface area contributed by atoms with Crippen molar-refractivity contribution in [1.82, 2.24) is 9.88 Å². The van der Waals surface area contributed by atoms with Crippen LogP contribution in [0.4, 0.5) is 22.7 Å². The van der Waals surface area contributed by atoms with E-state index >= 15 is 0 Å². The number of amides is 1. The predicted octanol–water partition coefficient (Wildman–Crippen LogP) is 2.88. The smallest absolute Gasteiger partial charge is 0.425 e. The lowest BCUT2D eigenvalue weighted by Crippen LogP contribution is -2.44. The fourth-order valence-electron chi connectivity index (χ4n) is 1.76. The number of likely N-dealkylation sites (N-methyl/N-ethyl adjacent to an activating group) is 1. The number of alkyl halides is 3. The Labute approximate surface area is 149 Å². The lowest BCUT2D eigenvalue weighted by atomic mass is 10.2. The fourth-order valence-corrected chi connectivity index (χ4v) is 2.49. The molecule has 0 fully saturated rings. The summed E-state index contributed by atoms with van der Waals surface area (Å²) in [6, 6.07) is 5.40. The SMILES string of the molecule is CN(C)C(=O)C(Nc1nc(-c2ccc(F)cc2)cs1)OC(=O)C(F)(F)F. The Kier molecular flexibility index (Phi) is 5.80. The van der Waals surface area contributed by atoms with Gasteiger partial charge in [-0.1, -0.05) is 0 Å². The number of carbonyl (C=O) groups excluding carboxylic acids is 2. The maximum Gasteiger partial charge on any atom is 0.491 e. The Hall–Kier alpha value is -2.69. The number of carbonyl (C=O) groups is 2. The highest BCUT2D eigenvalue weighted by Gasteiger charge is 2.43. The molecule has 0 aliphatic carbocycles. The van der Waals surface area contributed by atoms with Crippen LogP contribution in [0, 0.1) is 5.82 Å². The summed E-state index contributed by atoms with van der Waals surface area (Å²) in [5.41, 5.74) is 0.981. The summed E-state index contributed by atoms with van der Waals surface area (Å²) in [6.07, 6.45) is -7.14. The van der Waals surface area contributed by atoms with Crippen molar-refractivity contribution in [3.8, 4) is 11.3 Å². The molecule has 1 atom stereocenters. The van der Waals surface area contributed by atoms with Crippen LogP contribution in [0.1, 0.15) is 0 Å². The number of hydrogen-bond acceptors (Lipinski definition) is 6. The quantitative estimate of drug-likeness (QED) is 0.482. The molecule has 2 aromatic rings. The number of nitrogens with zero attached hydrogens (tertiary/aromatic N) is 2. The van der Waals surface area contributed by atoms with Gasteiger partial charge in [0.25, 0.3) is 12.1 Å². The zero-order chi connectivity index (χ0) is 19.5. The third-order valence-corrected chi connectivity index (χ3v) is 3.79. The van der Waals surface area contributed by atoms with E-state index in [0.717, 1.165) is 16.2 Å². The molecule has 26 heavy (non-hydrogen) atoms. The molecule has 6 nitrogen and oxygen atoms in total. The van der Waals surface area contributed by atoms with E-state index in [1.807, 2.05) is 0 Å². The highest BCUT2D eigenvalue weighted by molar-refractivity contribution is 7.14. The summed E-state index contributed by atoms with van der Waals surface area (Å²) in [7, 11) is 2.59. The number of thiazole rings is 1. The number of ether oxygens (including phenoxy) is 1. The molecule has 140 valence electrons. The minimum Gasteiger partial charge on any atom is -0.425 e. The van der Waals surface area contributed by atoms with Crippen LogP contribution in [0.5, 0.6) is 0 Å². The van der Waals surface area contributed by atoms with Gasteiger partial charge in [0, 0.05) is 25.0 Å². The average molecular weight is 391 g/mol. The topological polar surface area (TPSA) is 71.5 Å². The van der Waals surface area contributed by atoms with Crippen molar-refractivity contribution in [3.63, 3.8) is 0 Å². The van der Waals surface area contributed by atoms with Crippen molar-refractivity contribution in [1.29, 1.82) is 0 Å². The van der Waals surface area contributed by atoms with E-state index in [1.54, 1.807) is 5.38 Å². The predicted molar refractivity (Wildman–Crippen MR) is 85.8 cm³/mol. The third-order valence-electron chi connectivity index (χ3n) is 3.02. The second-order valence-corrected chi connectivity index (χ2v) is 6.06. The van der Waals surface area contributed by atoms with Crippen molar-refractivity contribution in [2.45, 2.75) is 12.4 Å². The van der Waals surface area contributed by atoms with Gasteiger partial charge < -0.3 is 15.0 Å². The summed E-state index contributed by atoms with van der Waals surface area (Å²) in [5.74, 6) is -3.83. The third kappa shape index (κ3) is 4.91. The highest BCUT2D eigenvalue weighted by atomic mass is 32.1. The molecule has 1 heterocycles. The van der Waals surface area contributed by atoms with Gasteiger partial charge in [0.15, 0.2) is 5.13 Å². The number of esters is 1. The molecule has 0 radical (unpaired) electrons. The van der Waals surface area contributed by atoms with Gasteiger partial charge in [-0.3, -0.25) is 4.79 Å². The van der Waals surface area contributed by atoms with Crippen LogP contribution in [-0.2, 0) is 14.3 Å².